The van der Waals surface area contributed by atoms with Crippen LogP contribution >= 0.6 is 24.0 Å². The lowest BCUT2D eigenvalue weighted by molar-refractivity contribution is 0.676. The van der Waals surface area contributed by atoms with E-state index >= 15 is 0 Å². The van der Waals surface area contributed by atoms with E-state index in [2.05, 4.69) is 15.5 Å². The molecule has 0 saturated carbocycles. The van der Waals surface area contributed by atoms with Gasteiger partial charge in [0, 0.05) is 11.8 Å². The smallest absolute Gasteiger partial charge is 0.158 e. The highest BCUT2D eigenvalue weighted by Gasteiger charge is 2.15. The summed E-state index contributed by atoms with van der Waals surface area (Å²) in [7, 11) is 0. The van der Waals surface area contributed by atoms with Gasteiger partial charge in [0.1, 0.15) is 4.99 Å². The summed E-state index contributed by atoms with van der Waals surface area (Å²) in [5.41, 5.74) is 6.42. The van der Waals surface area contributed by atoms with Crippen molar-refractivity contribution in [2.45, 2.75) is 24.5 Å². The first-order valence-electron chi connectivity index (χ1n) is 5.74. The summed E-state index contributed by atoms with van der Waals surface area (Å²) in [6.07, 6.45) is 5.53. The van der Waals surface area contributed by atoms with Crippen LogP contribution in [0.15, 0.2) is 12.3 Å². The molecule has 1 unspecified atom stereocenters. The van der Waals surface area contributed by atoms with Crippen LogP contribution in [-0.4, -0.2) is 32.7 Å². The zero-order valence-corrected chi connectivity index (χ0v) is 11.2. The Morgan fingerprint density at radius 1 is 1.59 bits per heavy atom. The molecule has 0 aliphatic carbocycles. The number of anilines is 1. The molecule has 0 bridgehead atoms. The van der Waals surface area contributed by atoms with E-state index in [-0.39, 0.29) is 0 Å². The molecular weight excluding hydrogens is 252 g/mol. The highest BCUT2D eigenvalue weighted by atomic mass is 32.2. The Hall–Kier alpha value is -0.880. The number of thiocarbonyl (C=S) groups is 1. The Balaban J connectivity index is 1.96. The third kappa shape index (κ3) is 3.54. The van der Waals surface area contributed by atoms with Gasteiger partial charge in [-0.25, -0.2) is 0 Å². The van der Waals surface area contributed by atoms with Gasteiger partial charge in [-0.05, 0) is 24.7 Å². The second-order valence-corrected chi connectivity index (χ2v) is 5.88. The lowest BCUT2D eigenvalue weighted by atomic mass is 10.2. The fourth-order valence-corrected chi connectivity index (χ4v) is 3.24. The highest BCUT2D eigenvalue weighted by Crippen LogP contribution is 2.25. The molecular formula is C11H16N4S2. The zero-order chi connectivity index (χ0) is 12.1. The number of thioether (sulfide) groups is 1. The summed E-state index contributed by atoms with van der Waals surface area (Å²) >= 11 is 7.01. The zero-order valence-electron chi connectivity index (χ0n) is 9.56. The van der Waals surface area contributed by atoms with Gasteiger partial charge in [-0.1, -0.05) is 18.6 Å². The van der Waals surface area contributed by atoms with Crippen LogP contribution in [0.2, 0.25) is 0 Å². The quantitative estimate of drug-likeness (QED) is 0.812. The van der Waals surface area contributed by atoms with Gasteiger partial charge < -0.3 is 11.1 Å². The Kier molecular flexibility index (Phi) is 4.56. The molecule has 0 spiro atoms. The topological polar surface area (TPSA) is 63.8 Å². The number of aromatic nitrogens is 2. The van der Waals surface area contributed by atoms with Crippen LogP contribution in [0.4, 0.5) is 5.82 Å². The predicted octanol–water partition coefficient (Wildman–Crippen LogP) is 1.81. The lowest BCUT2D eigenvalue weighted by Gasteiger charge is -2.21. The number of nitrogens with zero attached hydrogens (tertiary/aromatic N) is 2. The van der Waals surface area contributed by atoms with Crippen molar-refractivity contribution < 1.29 is 0 Å². The van der Waals surface area contributed by atoms with Crippen molar-refractivity contribution >= 4 is 34.8 Å². The molecule has 0 aromatic carbocycles. The molecule has 2 heterocycles. The maximum Gasteiger partial charge on any atom is 0.158 e. The van der Waals surface area contributed by atoms with Crippen molar-refractivity contribution in [3.8, 4) is 0 Å². The largest absolute Gasteiger partial charge is 0.389 e. The molecule has 1 aromatic heterocycles. The second kappa shape index (κ2) is 6.16. The van der Waals surface area contributed by atoms with E-state index in [9.17, 15) is 0 Å². The molecule has 1 aliphatic heterocycles. The summed E-state index contributed by atoms with van der Waals surface area (Å²) in [6, 6.07) is 1.80. The van der Waals surface area contributed by atoms with Gasteiger partial charge in [0.15, 0.2) is 5.82 Å². The second-order valence-electron chi connectivity index (χ2n) is 4.03. The summed E-state index contributed by atoms with van der Waals surface area (Å²) in [6.45, 7) is 0.902. The van der Waals surface area contributed by atoms with Crippen LogP contribution in [0, 0.1) is 0 Å². The minimum atomic E-state index is 0.360. The molecule has 1 aromatic rings. The van der Waals surface area contributed by atoms with Crippen LogP contribution in [0.25, 0.3) is 0 Å². The van der Waals surface area contributed by atoms with Gasteiger partial charge in [0.05, 0.1) is 11.8 Å². The third-order valence-corrected chi connectivity index (χ3v) is 4.38. The van der Waals surface area contributed by atoms with Crippen molar-refractivity contribution in [3.05, 3.63) is 17.8 Å². The van der Waals surface area contributed by atoms with Gasteiger partial charge in [0.2, 0.25) is 0 Å². The van der Waals surface area contributed by atoms with E-state index in [0.29, 0.717) is 16.1 Å². The van der Waals surface area contributed by atoms with Crippen molar-refractivity contribution in [1.29, 1.82) is 0 Å². The van der Waals surface area contributed by atoms with Crippen LogP contribution in [0.5, 0.6) is 0 Å². The summed E-state index contributed by atoms with van der Waals surface area (Å²) in [4.78, 5) is 0.360. The molecule has 1 saturated heterocycles. The number of nitrogens with two attached hydrogens (primary N) is 1. The lowest BCUT2D eigenvalue weighted by Crippen LogP contribution is -2.22. The molecule has 0 radical (unpaired) electrons. The van der Waals surface area contributed by atoms with Crippen LogP contribution in [0.3, 0.4) is 0 Å². The standard InChI is InChI=1S/C11H16N4S2/c12-10(16)9-4-5-14-15-11(9)13-7-8-3-1-2-6-17-8/h4-5,8H,1-3,6-7H2,(H2,12,16)(H,13,15). The molecule has 3 N–H and O–H groups in total. The molecule has 6 heteroatoms. The maximum absolute atomic E-state index is 5.64. The number of hydrogen-bond acceptors (Lipinski definition) is 5. The predicted molar refractivity (Wildman–Crippen MR) is 76.5 cm³/mol. The Morgan fingerprint density at radius 2 is 2.47 bits per heavy atom. The third-order valence-electron chi connectivity index (χ3n) is 2.76. The SMILES string of the molecule is NC(=S)c1ccnnc1NCC1CCCCS1. The van der Waals surface area contributed by atoms with Crippen molar-refractivity contribution in [2.24, 2.45) is 5.73 Å². The Morgan fingerprint density at radius 3 is 3.18 bits per heavy atom. The number of hydrogen-bond donors (Lipinski definition) is 2. The minimum absolute atomic E-state index is 0.360. The maximum atomic E-state index is 5.64. The molecule has 17 heavy (non-hydrogen) atoms. The average molecular weight is 268 g/mol. The fourth-order valence-electron chi connectivity index (χ4n) is 1.84. The van der Waals surface area contributed by atoms with Gasteiger partial charge in [-0.2, -0.15) is 16.9 Å². The van der Waals surface area contributed by atoms with E-state index in [1.54, 1.807) is 12.3 Å². The van der Waals surface area contributed by atoms with Crippen molar-refractivity contribution in [2.75, 3.05) is 17.6 Å². The van der Waals surface area contributed by atoms with E-state index in [1.807, 2.05) is 11.8 Å². The molecule has 92 valence electrons. The van der Waals surface area contributed by atoms with E-state index < -0.39 is 0 Å². The van der Waals surface area contributed by atoms with E-state index in [1.165, 1.54) is 25.0 Å². The highest BCUT2D eigenvalue weighted by molar-refractivity contribution is 7.99. The first kappa shape index (κ1) is 12.6. The average Bonchev–Trinajstić information content (AvgIpc) is 2.38. The summed E-state index contributed by atoms with van der Waals surface area (Å²) in [5, 5.41) is 11.9. The van der Waals surface area contributed by atoms with Gasteiger partial charge >= 0.3 is 0 Å². The molecule has 0 amide bonds. The summed E-state index contributed by atoms with van der Waals surface area (Å²) < 4.78 is 0. The van der Waals surface area contributed by atoms with Crippen molar-refractivity contribution in [3.63, 3.8) is 0 Å². The monoisotopic (exact) mass is 268 g/mol. The fraction of sp³-hybridized carbons (Fsp3) is 0.545. The first-order valence-corrected chi connectivity index (χ1v) is 7.20. The van der Waals surface area contributed by atoms with E-state index in [4.69, 9.17) is 18.0 Å². The normalized spacial score (nSPS) is 19.9. The minimum Gasteiger partial charge on any atom is -0.389 e. The van der Waals surface area contributed by atoms with E-state index in [0.717, 1.165) is 12.1 Å². The Bertz CT molecular complexity index is 391. The van der Waals surface area contributed by atoms with Crippen LogP contribution < -0.4 is 11.1 Å². The van der Waals surface area contributed by atoms with Crippen LogP contribution in [-0.2, 0) is 0 Å². The number of rotatable bonds is 4. The molecule has 4 nitrogen and oxygen atoms in total. The first-order chi connectivity index (χ1) is 8.27. The van der Waals surface area contributed by atoms with Gasteiger partial charge in [0.25, 0.3) is 0 Å². The summed E-state index contributed by atoms with van der Waals surface area (Å²) in [5.74, 6) is 1.96. The van der Waals surface area contributed by atoms with Crippen molar-refractivity contribution in [1.82, 2.24) is 10.2 Å². The molecule has 1 atom stereocenters. The Labute approximate surface area is 111 Å². The molecule has 1 fully saturated rings. The molecule has 2 rings (SSSR count). The number of nitrogens with one attached hydrogen (secondary N) is 1. The molecule has 1 aliphatic rings. The van der Waals surface area contributed by atoms with Crippen LogP contribution in [0.1, 0.15) is 24.8 Å². The van der Waals surface area contributed by atoms with Gasteiger partial charge in [-0.3, -0.25) is 0 Å². The van der Waals surface area contributed by atoms with Gasteiger partial charge in [-0.15, -0.1) is 5.10 Å².